The summed E-state index contributed by atoms with van der Waals surface area (Å²) in [6.45, 7) is 1.62. The van der Waals surface area contributed by atoms with E-state index < -0.39 is 17.1 Å². The Morgan fingerprint density at radius 2 is 1.88 bits per heavy atom. The molecule has 0 N–H and O–H groups in total. The number of rotatable bonds is 2. The highest BCUT2D eigenvalue weighted by Gasteiger charge is 2.46. The quantitative estimate of drug-likeness (QED) is 0.571. The number of hydrogen-bond acceptors (Lipinski definition) is 3. The van der Waals surface area contributed by atoms with Crippen molar-refractivity contribution >= 4 is 64.2 Å². The van der Waals surface area contributed by atoms with Crippen LogP contribution in [0.1, 0.15) is 13.3 Å². The predicted molar refractivity (Wildman–Crippen MR) is 66.6 cm³/mol. The van der Waals surface area contributed by atoms with Gasteiger partial charge in [-0.25, -0.2) is 0 Å². The first-order valence-corrected chi connectivity index (χ1v) is 6.38. The Morgan fingerprint density at radius 3 is 2.29 bits per heavy atom. The van der Waals surface area contributed by atoms with Gasteiger partial charge in [0.2, 0.25) is 0 Å². The number of carboxylic acid groups (broad SMARTS) is 1. The van der Waals surface area contributed by atoms with E-state index in [2.05, 4.69) is 4.74 Å². The average Bonchev–Trinajstić information content (AvgIpc) is 2.29. The molecule has 0 bridgehead atoms. The zero-order chi connectivity index (χ0) is 13.4. The maximum atomic E-state index is 10.6. The van der Waals surface area contributed by atoms with Crippen LogP contribution in [0.15, 0.2) is 20.1 Å². The van der Waals surface area contributed by atoms with E-state index in [0.717, 1.165) is 0 Å². The van der Waals surface area contributed by atoms with Gasteiger partial charge >= 0.3 is 0 Å². The molecule has 0 saturated carbocycles. The van der Waals surface area contributed by atoms with Crippen molar-refractivity contribution in [2.75, 3.05) is 0 Å². The Labute approximate surface area is 123 Å². The van der Waals surface area contributed by atoms with Gasteiger partial charge in [0.25, 0.3) is 6.16 Å². The smallest absolute Gasteiger partial charge is 0.252 e. The summed E-state index contributed by atoms with van der Waals surface area (Å²) in [4.78, 5) is 10.6. The number of halogens is 5. The Kier molecular flexibility index (Phi) is 4.89. The molecule has 2 unspecified atom stereocenters. The molecule has 1 aliphatic rings. The zero-order valence-corrected chi connectivity index (χ0v) is 12.2. The molecule has 0 aromatic carbocycles. The lowest BCUT2D eigenvalue weighted by Crippen LogP contribution is -2.48. The minimum atomic E-state index is -1.78. The number of hydrogen-bond donors (Lipinski definition) is 0. The summed E-state index contributed by atoms with van der Waals surface area (Å²) < 4.78 is 4.66. The Bertz CT molecular complexity index is 417. The summed E-state index contributed by atoms with van der Waals surface area (Å²) in [5, 5.41) is 9.31. The molecule has 2 atom stereocenters. The standard InChI is InChI=1S/C9H7Cl5O3/c1-2-9(17-8(15)16)6(13)4(11)3(10)5(12)7(9)14/h6H,2H2,1H3,(H,15,16)/p-1. The Hall–Kier alpha value is 0.200. The molecular formula is C9H6Cl5O3-. The fraction of sp³-hybridized carbons (Fsp3) is 0.444. The Balaban J connectivity index is 3.38. The van der Waals surface area contributed by atoms with Crippen LogP contribution in [0.3, 0.4) is 0 Å². The van der Waals surface area contributed by atoms with Crippen molar-refractivity contribution < 1.29 is 14.6 Å². The van der Waals surface area contributed by atoms with Crippen LogP contribution in [0, 0.1) is 0 Å². The lowest BCUT2D eigenvalue weighted by atomic mass is 9.91. The van der Waals surface area contributed by atoms with Crippen LogP contribution in [-0.2, 0) is 4.74 Å². The lowest BCUT2D eigenvalue weighted by molar-refractivity contribution is -0.292. The molecule has 0 amide bonds. The summed E-state index contributed by atoms with van der Waals surface area (Å²) in [5.41, 5.74) is -1.57. The maximum absolute atomic E-state index is 10.6. The molecule has 8 heteroatoms. The summed E-state index contributed by atoms with van der Waals surface area (Å²) in [5.74, 6) is 0. The van der Waals surface area contributed by atoms with Crippen LogP contribution in [-0.4, -0.2) is 17.1 Å². The minimum absolute atomic E-state index is 0.0224. The van der Waals surface area contributed by atoms with Gasteiger partial charge in [-0.3, -0.25) is 0 Å². The molecule has 0 fully saturated rings. The van der Waals surface area contributed by atoms with Crippen LogP contribution in [0.4, 0.5) is 4.79 Å². The van der Waals surface area contributed by atoms with Crippen molar-refractivity contribution in [3.8, 4) is 0 Å². The molecule has 3 nitrogen and oxygen atoms in total. The van der Waals surface area contributed by atoms with Crippen molar-refractivity contribution in [1.82, 2.24) is 0 Å². The third kappa shape index (κ3) is 2.49. The fourth-order valence-electron chi connectivity index (χ4n) is 1.47. The van der Waals surface area contributed by atoms with Crippen LogP contribution < -0.4 is 5.11 Å². The second-order valence-corrected chi connectivity index (χ2v) is 5.23. The monoisotopic (exact) mass is 337 g/mol. The van der Waals surface area contributed by atoms with Gasteiger partial charge in [-0.2, -0.15) is 0 Å². The lowest BCUT2D eigenvalue weighted by Gasteiger charge is -2.43. The second-order valence-electron chi connectivity index (χ2n) is 3.25. The minimum Gasteiger partial charge on any atom is -0.535 e. The van der Waals surface area contributed by atoms with Gasteiger partial charge in [-0.05, 0) is 6.42 Å². The molecule has 96 valence electrons. The van der Waals surface area contributed by atoms with E-state index in [1.165, 1.54) is 0 Å². The third-order valence-electron chi connectivity index (χ3n) is 2.39. The average molecular weight is 339 g/mol. The van der Waals surface area contributed by atoms with E-state index in [1.54, 1.807) is 6.92 Å². The highest BCUT2D eigenvalue weighted by atomic mass is 35.5. The SMILES string of the molecule is CCC1(OC(=O)[O-])C(Cl)=C(Cl)C(Cl)=C(Cl)C1Cl. The largest absolute Gasteiger partial charge is 0.535 e. The van der Waals surface area contributed by atoms with Crippen molar-refractivity contribution in [2.45, 2.75) is 24.3 Å². The summed E-state index contributed by atoms with van der Waals surface area (Å²) in [6.07, 6.45) is -1.65. The van der Waals surface area contributed by atoms with E-state index >= 15 is 0 Å². The molecule has 0 aromatic rings. The topological polar surface area (TPSA) is 49.4 Å². The zero-order valence-electron chi connectivity index (χ0n) is 8.40. The van der Waals surface area contributed by atoms with Crippen LogP contribution >= 0.6 is 58.0 Å². The van der Waals surface area contributed by atoms with Crippen molar-refractivity contribution in [3.05, 3.63) is 20.1 Å². The number of ether oxygens (including phenoxy) is 1. The van der Waals surface area contributed by atoms with E-state index in [9.17, 15) is 9.90 Å². The van der Waals surface area contributed by atoms with Gasteiger partial charge in [0.05, 0.1) is 25.5 Å². The van der Waals surface area contributed by atoms with E-state index in [-0.39, 0.29) is 26.5 Å². The highest BCUT2D eigenvalue weighted by molar-refractivity contribution is 6.53. The first-order valence-electron chi connectivity index (χ1n) is 4.43. The summed E-state index contributed by atoms with van der Waals surface area (Å²) >= 11 is 29.5. The van der Waals surface area contributed by atoms with E-state index in [4.69, 9.17) is 58.0 Å². The van der Waals surface area contributed by atoms with Gasteiger partial charge < -0.3 is 14.6 Å². The molecule has 0 radical (unpaired) electrons. The summed E-state index contributed by atoms with van der Waals surface area (Å²) in [6, 6.07) is 0. The molecule has 17 heavy (non-hydrogen) atoms. The van der Waals surface area contributed by atoms with Gasteiger partial charge in [0.15, 0.2) is 0 Å². The van der Waals surface area contributed by atoms with E-state index in [0.29, 0.717) is 0 Å². The molecule has 0 aliphatic heterocycles. The normalized spacial score (nSPS) is 29.6. The molecular weight excluding hydrogens is 333 g/mol. The van der Waals surface area contributed by atoms with Gasteiger partial charge in [0.1, 0.15) is 5.60 Å². The number of allylic oxidation sites excluding steroid dienone is 2. The number of carbonyl (C=O) groups excluding carboxylic acids is 1. The number of alkyl halides is 1. The molecule has 0 aromatic heterocycles. The molecule has 0 saturated heterocycles. The van der Waals surface area contributed by atoms with Crippen LogP contribution in [0.25, 0.3) is 0 Å². The number of carbonyl (C=O) groups is 1. The van der Waals surface area contributed by atoms with Crippen molar-refractivity contribution in [1.29, 1.82) is 0 Å². The maximum Gasteiger partial charge on any atom is 0.252 e. The summed E-state index contributed by atoms with van der Waals surface area (Å²) in [7, 11) is 0. The van der Waals surface area contributed by atoms with Crippen LogP contribution in [0.5, 0.6) is 0 Å². The first kappa shape index (κ1) is 15.3. The van der Waals surface area contributed by atoms with Crippen LogP contribution in [0.2, 0.25) is 0 Å². The van der Waals surface area contributed by atoms with Gasteiger partial charge in [-0.1, -0.05) is 53.3 Å². The van der Waals surface area contributed by atoms with E-state index in [1.807, 2.05) is 0 Å². The molecule has 1 aliphatic carbocycles. The molecule has 1 rings (SSSR count). The highest BCUT2D eigenvalue weighted by Crippen LogP contribution is 2.49. The fourth-order valence-corrected chi connectivity index (χ4v) is 3.20. The van der Waals surface area contributed by atoms with Crippen molar-refractivity contribution in [2.24, 2.45) is 0 Å². The van der Waals surface area contributed by atoms with Gasteiger partial charge in [0, 0.05) is 0 Å². The molecule has 0 spiro atoms. The van der Waals surface area contributed by atoms with Crippen molar-refractivity contribution in [3.63, 3.8) is 0 Å². The van der Waals surface area contributed by atoms with Gasteiger partial charge in [-0.15, -0.1) is 11.6 Å². The first-order chi connectivity index (χ1) is 7.77. The predicted octanol–water partition coefficient (Wildman–Crippen LogP) is 3.49. The molecule has 0 heterocycles. The Morgan fingerprint density at radius 1 is 1.35 bits per heavy atom. The second kappa shape index (κ2) is 5.45. The third-order valence-corrected chi connectivity index (χ3v) is 5.05.